The molecule has 0 aliphatic carbocycles. The molecule has 1 fully saturated rings. The Kier molecular flexibility index (Phi) is 5.46. The zero-order valence-corrected chi connectivity index (χ0v) is 15.8. The van der Waals surface area contributed by atoms with E-state index in [9.17, 15) is 0 Å². The van der Waals surface area contributed by atoms with Crippen LogP contribution in [0, 0.1) is 0 Å². The molecule has 1 aliphatic rings. The maximum atomic E-state index is 5.97. The molecule has 0 spiro atoms. The van der Waals surface area contributed by atoms with Gasteiger partial charge in [-0.15, -0.1) is 0 Å². The molecule has 3 heterocycles. The Hall–Kier alpha value is -3.42. The lowest BCUT2D eigenvalue weighted by Gasteiger charge is -2.21. The summed E-state index contributed by atoms with van der Waals surface area (Å²) < 4.78 is 7.72. The minimum atomic E-state index is 0.115. The molecular weight excluding hydrogens is 354 g/mol. The van der Waals surface area contributed by atoms with E-state index in [1.54, 1.807) is 24.3 Å². The zero-order valence-electron chi connectivity index (χ0n) is 15.8. The van der Waals surface area contributed by atoms with Crippen molar-refractivity contribution >= 4 is 5.96 Å². The van der Waals surface area contributed by atoms with Crippen LogP contribution in [-0.4, -0.2) is 56.8 Å². The molecule has 1 atom stereocenters. The van der Waals surface area contributed by atoms with Crippen LogP contribution in [0.4, 0.5) is 0 Å². The third-order valence-corrected chi connectivity index (χ3v) is 4.63. The number of hydrogen-bond donors (Lipinski definition) is 1. The fraction of sp³-hybridized carbons (Fsp3) is 0.300. The fourth-order valence-electron chi connectivity index (χ4n) is 3.27. The summed E-state index contributed by atoms with van der Waals surface area (Å²) >= 11 is 0. The van der Waals surface area contributed by atoms with E-state index < -0.39 is 0 Å². The topological polar surface area (TPSA) is 80.5 Å². The van der Waals surface area contributed by atoms with Gasteiger partial charge in [-0.25, -0.2) is 14.6 Å². The van der Waals surface area contributed by atoms with Gasteiger partial charge < -0.3 is 15.0 Å². The number of benzene rings is 1. The molecule has 0 saturated carbocycles. The number of nitrogens with one attached hydrogen (secondary N) is 1. The predicted octanol–water partition coefficient (Wildman–Crippen LogP) is 1.89. The number of likely N-dealkylation sites (tertiary alicyclic amines) is 1. The van der Waals surface area contributed by atoms with E-state index in [0.717, 1.165) is 36.7 Å². The number of ether oxygens (including phenoxy) is 1. The third-order valence-electron chi connectivity index (χ3n) is 4.63. The van der Waals surface area contributed by atoms with Crippen molar-refractivity contribution in [1.82, 2.24) is 30.0 Å². The highest BCUT2D eigenvalue weighted by Crippen LogP contribution is 2.16. The molecule has 1 aliphatic heterocycles. The third kappa shape index (κ3) is 4.28. The van der Waals surface area contributed by atoms with Gasteiger partial charge in [0.1, 0.15) is 18.8 Å². The molecule has 3 aromatic rings. The van der Waals surface area contributed by atoms with Gasteiger partial charge in [-0.2, -0.15) is 5.10 Å². The molecule has 0 amide bonds. The Bertz CT molecular complexity index is 911. The maximum absolute atomic E-state index is 5.97. The molecule has 8 heteroatoms. The second kappa shape index (κ2) is 8.51. The summed E-state index contributed by atoms with van der Waals surface area (Å²) in [6.07, 6.45) is 6.03. The van der Waals surface area contributed by atoms with Gasteiger partial charge in [0.25, 0.3) is 0 Å². The van der Waals surface area contributed by atoms with Crippen molar-refractivity contribution in [2.24, 2.45) is 4.99 Å². The van der Waals surface area contributed by atoms with Crippen LogP contribution in [0.3, 0.4) is 0 Å². The van der Waals surface area contributed by atoms with Gasteiger partial charge in [0.05, 0.1) is 12.2 Å². The molecule has 1 aromatic carbocycles. The first-order valence-corrected chi connectivity index (χ1v) is 9.29. The molecule has 28 heavy (non-hydrogen) atoms. The Morgan fingerprint density at radius 3 is 3.04 bits per heavy atom. The van der Waals surface area contributed by atoms with Crippen LogP contribution in [0.1, 0.15) is 12.0 Å². The molecule has 1 saturated heterocycles. The second-order valence-corrected chi connectivity index (χ2v) is 6.55. The average molecular weight is 377 g/mol. The molecule has 0 bridgehead atoms. The highest BCUT2D eigenvalue weighted by Gasteiger charge is 2.26. The van der Waals surface area contributed by atoms with Gasteiger partial charge >= 0.3 is 0 Å². The van der Waals surface area contributed by atoms with Gasteiger partial charge in [0.2, 0.25) is 5.88 Å². The Labute approximate surface area is 163 Å². The summed E-state index contributed by atoms with van der Waals surface area (Å²) in [6.45, 7) is 2.36. The number of rotatable bonds is 5. The van der Waals surface area contributed by atoms with E-state index in [-0.39, 0.29) is 6.10 Å². The maximum Gasteiger partial charge on any atom is 0.213 e. The highest BCUT2D eigenvalue weighted by molar-refractivity contribution is 5.80. The van der Waals surface area contributed by atoms with Gasteiger partial charge in [-0.05, 0) is 23.8 Å². The van der Waals surface area contributed by atoms with E-state index in [1.807, 2.05) is 30.3 Å². The second-order valence-electron chi connectivity index (χ2n) is 6.55. The molecule has 144 valence electrons. The van der Waals surface area contributed by atoms with Crippen LogP contribution in [0.15, 0.2) is 66.3 Å². The minimum absolute atomic E-state index is 0.115. The SMILES string of the molecule is CN=C(NCc1cccc(-n2cncn2)c1)N1CCC(Oc2ccccn2)C1. The van der Waals surface area contributed by atoms with Crippen molar-refractivity contribution in [3.63, 3.8) is 0 Å². The van der Waals surface area contributed by atoms with Crippen molar-refractivity contribution in [3.8, 4) is 11.6 Å². The zero-order chi connectivity index (χ0) is 19.2. The van der Waals surface area contributed by atoms with Crippen LogP contribution in [-0.2, 0) is 6.54 Å². The lowest BCUT2D eigenvalue weighted by Crippen LogP contribution is -2.40. The van der Waals surface area contributed by atoms with Crippen molar-refractivity contribution in [1.29, 1.82) is 0 Å². The van der Waals surface area contributed by atoms with Crippen molar-refractivity contribution in [2.45, 2.75) is 19.1 Å². The number of hydrogen-bond acceptors (Lipinski definition) is 5. The normalized spacial score (nSPS) is 17.0. The van der Waals surface area contributed by atoms with Gasteiger partial charge in [0, 0.05) is 38.8 Å². The summed E-state index contributed by atoms with van der Waals surface area (Å²) in [7, 11) is 1.81. The van der Waals surface area contributed by atoms with E-state index in [1.165, 1.54) is 6.33 Å². The number of guanidine groups is 1. The first kappa shape index (κ1) is 18.0. The summed E-state index contributed by atoms with van der Waals surface area (Å²) in [4.78, 5) is 14.9. The number of aliphatic imine (C=N–C) groups is 1. The Balaban J connectivity index is 1.34. The Morgan fingerprint density at radius 2 is 2.25 bits per heavy atom. The van der Waals surface area contributed by atoms with Crippen molar-refractivity contribution in [2.75, 3.05) is 20.1 Å². The summed E-state index contributed by atoms with van der Waals surface area (Å²) in [5.41, 5.74) is 2.13. The summed E-state index contributed by atoms with van der Waals surface area (Å²) in [5.74, 6) is 1.54. The molecule has 4 rings (SSSR count). The van der Waals surface area contributed by atoms with Crippen LogP contribution in [0.5, 0.6) is 5.88 Å². The molecule has 1 unspecified atom stereocenters. The average Bonchev–Trinajstić information content (AvgIpc) is 3.42. The van der Waals surface area contributed by atoms with Gasteiger partial charge in [0.15, 0.2) is 5.96 Å². The van der Waals surface area contributed by atoms with E-state index in [2.05, 4.69) is 42.4 Å². The van der Waals surface area contributed by atoms with Crippen LogP contribution in [0.25, 0.3) is 5.69 Å². The van der Waals surface area contributed by atoms with Gasteiger partial charge in [-0.1, -0.05) is 18.2 Å². The summed E-state index contributed by atoms with van der Waals surface area (Å²) in [5, 5.41) is 7.62. The fourth-order valence-corrected chi connectivity index (χ4v) is 3.27. The predicted molar refractivity (Wildman–Crippen MR) is 106 cm³/mol. The van der Waals surface area contributed by atoms with E-state index in [0.29, 0.717) is 12.4 Å². The number of aromatic nitrogens is 4. The smallest absolute Gasteiger partial charge is 0.213 e. The van der Waals surface area contributed by atoms with Crippen LogP contribution < -0.4 is 10.1 Å². The molecule has 0 radical (unpaired) electrons. The van der Waals surface area contributed by atoms with Crippen molar-refractivity contribution in [3.05, 3.63) is 66.9 Å². The minimum Gasteiger partial charge on any atom is -0.472 e. The number of pyridine rings is 1. The molecular formula is C20H23N7O. The van der Waals surface area contributed by atoms with Crippen molar-refractivity contribution < 1.29 is 4.74 Å². The molecule has 8 nitrogen and oxygen atoms in total. The quantitative estimate of drug-likeness (QED) is 0.540. The number of nitrogens with zero attached hydrogens (tertiary/aromatic N) is 6. The summed E-state index contributed by atoms with van der Waals surface area (Å²) in [6, 6.07) is 13.9. The Morgan fingerprint density at radius 1 is 1.29 bits per heavy atom. The van der Waals surface area contributed by atoms with Gasteiger partial charge in [-0.3, -0.25) is 4.99 Å². The molecule has 2 aromatic heterocycles. The monoisotopic (exact) mass is 377 g/mol. The van der Waals surface area contributed by atoms with E-state index >= 15 is 0 Å². The standard InChI is InChI=1S/C20H23N7O/c1-21-20(26-10-8-18(13-26)28-19-7-2-3-9-23-19)24-12-16-5-4-6-17(11-16)27-15-22-14-25-27/h2-7,9,11,14-15,18H,8,10,12-13H2,1H3,(H,21,24). The largest absolute Gasteiger partial charge is 0.472 e. The lowest BCUT2D eigenvalue weighted by atomic mass is 10.2. The van der Waals surface area contributed by atoms with Crippen LogP contribution >= 0.6 is 0 Å². The van der Waals surface area contributed by atoms with E-state index in [4.69, 9.17) is 4.74 Å². The van der Waals surface area contributed by atoms with Crippen LogP contribution in [0.2, 0.25) is 0 Å². The molecule has 1 N–H and O–H groups in total. The highest BCUT2D eigenvalue weighted by atomic mass is 16.5. The lowest BCUT2D eigenvalue weighted by molar-refractivity contribution is 0.205. The first-order chi connectivity index (χ1) is 13.8. The first-order valence-electron chi connectivity index (χ1n) is 9.29.